The first-order valence-electron chi connectivity index (χ1n) is 10.3. The van der Waals surface area contributed by atoms with Crippen LogP contribution in [0.15, 0.2) is 53.4 Å². The zero-order valence-electron chi connectivity index (χ0n) is 18.1. The van der Waals surface area contributed by atoms with Gasteiger partial charge < -0.3 is 4.57 Å². The number of hydrogen-bond donors (Lipinski definition) is 2. The molecule has 0 aliphatic rings. The van der Waals surface area contributed by atoms with Crippen molar-refractivity contribution in [1.29, 1.82) is 0 Å². The maximum absolute atomic E-state index is 12.5. The molecule has 0 aliphatic carbocycles. The Hall–Kier alpha value is -2.91. The number of benzene rings is 2. The average molecular weight is 444 g/mol. The highest BCUT2D eigenvalue weighted by atomic mass is 32.2. The molecule has 31 heavy (non-hydrogen) atoms. The van der Waals surface area contributed by atoms with Crippen LogP contribution < -0.4 is 10.9 Å². The molecule has 0 bridgehead atoms. The van der Waals surface area contributed by atoms with Gasteiger partial charge in [0, 0.05) is 33.5 Å². The van der Waals surface area contributed by atoms with Gasteiger partial charge in [0.05, 0.1) is 21.6 Å². The summed E-state index contributed by atoms with van der Waals surface area (Å²) in [6.07, 6.45) is 2.71. The predicted molar refractivity (Wildman–Crippen MR) is 122 cm³/mol. The standard InChI is InChI=1S/C22H29N5O3S/c1-4-5-15-27-20-12-11-18(31(29,30)26(2)3)16-19(20)23-21(27)13-14-22(28)25-24-17-9-7-6-8-10-17/h6-12,16,24H,4-5,13-15H2,1-3H3,(H,25,28). The van der Waals surface area contributed by atoms with E-state index >= 15 is 0 Å². The number of imidazole rings is 1. The molecule has 9 heteroatoms. The minimum Gasteiger partial charge on any atom is -0.328 e. The molecule has 2 N–H and O–H groups in total. The van der Waals surface area contributed by atoms with Crippen LogP contribution in [0.1, 0.15) is 32.0 Å². The summed E-state index contributed by atoms with van der Waals surface area (Å²) in [5.41, 5.74) is 7.90. The average Bonchev–Trinajstić information content (AvgIpc) is 3.12. The lowest BCUT2D eigenvalue weighted by Crippen LogP contribution is -2.29. The van der Waals surface area contributed by atoms with Crippen molar-refractivity contribution in [2.45, 2.75) is 44.0 Å². The van der Waals surface area contributed by atoms with Crippen molar-refractivity contribution < 1.29 is 13.2 Å². The molecule has 0 aliphatic heterocycles. The number of sulfonamides is 1. The summed E-state index contributed by atoms with van der Waals surface area (Å²) < 4.78 is 28.2. The monoisotopic (exact) mass is 443 g/mol. The molecular weight excluding hydrogens is 414 g/mol. The summed E-state index contributed by atoms with van der Waals surface area (Å²) in [6, 6.07) is 14.4. The summed E-state index contributed by atoms with van der Waals surface area (Å²) in [4.78, 5) is 17.2. The van der Waals surface area contributed by atoms with Gasteiger partial charge in [0.1, 0.15) is 5.82 Å². The van der Waals surface area contributed by atoms with E-state index in [0.29, 0.717) is 11.9 Å². The van der Waals surface area contributed by atoms with Gasteiger partial charge >= 0.3 is 0 Å². The Bertz CT molecular complexity index is 1140. The first-order valence-corrected chi connectivity index (χ1v) is 11.8. The number of rotatable bonds is 10. The molecule has 0 spiro atoms. The maximum Gasteiger partial charge on any atom is 0.242 e. The number of carbonyl (C=O) groups is 1. The Kier molecular flexibility index (Phi) is 7.29. The van der Waals surface area contributed by atoms with Crippen molar-refractivity contribution in [3.8, 4) is 0 Å². The van der Waals surface area contributed by atoms with Crippen LogP contribution in [0.4, 0.5) is 5.69 Å². The van der Waals surface area contributed by atoms with Gasteiger partial charge in [0.25, 0.3) is 0 Å². The fourth-order valence-corrected chi connectivity index (χ4v) is 4.16. The minimum atomic E-state index is -3.54. The molecule has 1 aromatic heterocycles. The second-order valence-electron chi connectivity index (χ2n) is 7.51. The van der Waals surface area contributed by atoms with Crippen molar-refractivity contribution in [2.75, 3.05) is 19.5 Å². The number of unbranched alkanes of at least 4 members (excludes halogenated alkanes) is 1. The lowest BCUT2D eigenvalue weighted by molar-refractivity contribution is -0.120. The number of aryl methyl sites for hydroxylation is 2. The van der Waals surface area contributed by atoms with Gasteiger partial charge in [0.15, 0.2) is 0 Å². The number of amides is 1. The molecule has 0 unspecified atom stereocenters. The van der Waals surface area contributed by atoms with Crippen LogP contribution in [0, 0.1) is 0 Å². The van der Waals surface area contributed by atoms with Crippen LogP contribution in [-0.4, -0.2) is 42.3 Å². The third-order valence-corrected chi connectivity index (χ3v) is 6.82. The normalized spacial score (nSPS) is 11.7. The molecule has 0 fully saturated rings. The molecule has 0 saturated heterocycles. The molecule has 0 radical (unpaired) electrons. The first-order chi connectivity index (χ1) is 14.8. The highest BCUT2D eigenvalue weighted by Crippen LogP contribution is 2.23. The molecule has 0 atom stereocenters. The van der Waals surface area contributed by atoms with Gasteiger partial charge in [0.2, 0.25) is 15.9 Å². The Morgan fingerprint density at radius 1 is 1.13 bits per heavy atom. The molecule has 1 heterocycles. The number of nitrogens with one attached hydrogen (secondary N) is 2. The van der Waals surface area contributed by atoms with Crippen LogP contribution in [0.5, 0.6) is 0 Å². The number of carbonyl (C=O) groups excluding carboxylic acids is 1. The van der Waals surface area contributed by atoms with E-state index in [1.807, 2.05) is 30.3 Å². The van der Waals surface area contributed by atoms with Gasteiger partial charge in [-0.15, -0.1) is 0 Å². The third-order valence-electron chi connectivity index (χ3n) is 5.01. The minimum absolute atomic E-state index is 0.145. The summed E-state index contributed by atoms with van der Waals surface area (Å²) in [6.45, 7) is 2.88. The fourth-order valence-electron chi connectivity index (χ4n) is 3.24. The van der Waals surface area contributed by atoms with Crippen molar-refractivity contribution in [2.24, 2.45) is 0 Å². The molecule has 166 valence electrons. The lowest BCUT2D eigenvalue weighted by Gasteiger charge is -2.12. The molecule has 1 amide bonds. The number of para-hydroxylation sites is 1. The number of nitrogens with zero attached hydrogens (tertiary/aromatic N) is 3. The molecular formula is C22H29N5O3S. The van der Waals surface area contributed by atoms with Crippen LogP contribution >= 0.6 is 0 Å². The quantitative estimate of drug-likeness (QED) is 0.469. The van der Waals surface area contributed by atoms with Crippen molar-refractivity contribution >= 4 is 32.7 Å². The zero-order chi connectivity index (χ0) is 22.4. The Balaban J connectivity index is 1.78. The summed E-state index contributed by atoms with van der Waals surface area (Å²) in [7, 11) is -0.523. The van der Waals surface area contributed by atoms with E-state index < -0.39 is 10.0 Å². The van der Waals surface area contributed by atoms with Gasteiger partial charge in [-0.1, -0.05) is 31.5 Å². The molecule has 3 aromatic rings. The number of fused-ring (bicyclic) bond motifs is 1. The summed E-state index contributed by atoms with van der Waals surface area (Å²) in [5, 5.41) is 0. The topological polar surface area (TPSA) is 96.3 Å². The van der Waals surface area contributed by atoms with Crippen molar-refractivity contribution in [1.82, 2.24) is 19.3 Å². The van der Waals surface area contributed by atoms with E-state index in [1.165, 1.54) is 18.4 Å². The molecule has 2 aromatic carbocycles. The van der Waals surface area contributed by atoms with E-state index in [4.69, 9.17) is 0 Å². The van der Waals surface area contributed by atoms with E-state index in [2.05, 4.69) is 27.3 Å². The van der Waals surface area contributed by atoms with Crippen molar-refractivity contribution in [3.63, 3.8) is 0 Å². The number of anilines is 1. The van der Waals surface area contributed by atoms with Gasteiger partial charge in [-0.25, -0.2) is 17.7 Å². The Morgan fingerprint density at radius 3 is 2.55 bits per heavy atom. The smallest absolute Gasteiger partial charge is 0.242 e. The molecule has 3 rings (SSSR count). The van der Waals surface area contributed by atoms with Crippen LogP contribution in [0.2, 0.25) is 0 Å². The van der Waals surface area contributed by atoms with Gasteiger partial charge in [-0.2, -0.15) is 0 Å². The van der Waals surface area contributed by atoms with Crippen LogP contribution in [0.3, 0.4) is 0 Å². The van der Waals surface area contributed by atoms with Gasteiger partial charge in [-0.3, -0.25) is 15.6 Å². The van der Waals surface area contributed by atoms with Gasteiger partial charge in [-0.05, 0) is 36.8 Å². The lowest BCUT2D eigenvalue weighted by atomic mass is 10.2. The maximum atomic E-state index is 12.5. The highest BCUT2D eigenvalue weighted by Gasteiger charge is 2.20. The Labute approximate surface area is 183 Å². The zero-order valence-corrected chi connectivity index (χ0v) is 18.9. The van der Waals surface area contributed by atoms with Crippen LogP contribution in [0.25, 0.3) is 11.0 Å². The molecule has 8 nitrogen and oxygen atoms in total. The first kappa shape index (κ1) is 22.8. The van der Waals surface area contributed by atoms with Crippen molar-refractivity contribution in [3.05, 3.63) is 54.4 Å². The SMILES string of the molecule is CCCCn1c(CCC(=O)NNc2ccccc2)nc2cc(S(=O)(=O)N(C)C)ccc21. The predicted octanol–water partition coefficient (Wildman–Crippen LogP) is 3.16. The van der Waals surface area contributed by atoms with E-state index in [1.54, 1.807) is 18.2 Å². The number of hydrazine groups is 1. The van der Waals surface area contributed by atoms with E-state index in [9.17, 15) is 13.2 Å². The van der Waals surface area contributed by atoms with E-state index in [-0.39, 0.29) is 17.2 Å². The third kappa shape index (κ3) is 5.42. The van der Waals surface area contributed by atoms with Crippen LogP contribution in [-0.2, 0) is 27.8 Å². The largest absolute Gasteiger partial charge is 0.328 e. The fraction of sp³-hybridized carbons (Fsp3) is 0.364. The van der Waals surface area contributed by atoms with E-state index in [0.717, 1.165) is 36.4 Å². The summed E-state index contributed by atoms with van der Waals surface area (Å²) in [5.74, 6) is 0.631. The summed E-state index contributed by atoms with van der Waals surface area (Å²) >= 11 is 0. The molecule has 0 saturated carbocycles. The highest BCUT2D eigenvalue weighted by molar-refractivity contribution is 7.89. The second kappa shape index (κ2) is 9.93. The second-order valence-corrected chi connectivity index (χ2v) is 9.66. The Morgan fingerprint density at radius 2 is 1.87 bits per heavy atom. The number of aromatic nitrogens is 2. The number of hydrogen-bond acceptors (Lipinski definition) is 5.